The maximum Gasteiger partial charge on any atom is 0.327 e. The molecule has 1 aromatic carbocycles. The summed E-state index contributed by atoms with van der Waals surface area (Å²) in [5.74, 6) is -3.30. The predicted octanol–water partition coefficient (Wildman–Crippen LogP) is 1.82. The number of carboxylic acids is 2. The molecule has 8 heteroatoms. The summed E-state index contributed by atoms with van der Waals surface area (Å²) in [7, 11) is 0. The summed E-state index contributed by atoms with van der Waals surface area (Å²) in [4.78, 5) is 35.5. The fourth-order valence-corrected chi connectivity index (χ4v) is 3.26. The first kappa shape index (κ1) is 16.2. The lowest BCUT2D eigenvalue weighted by atomic mass is 10.1. The van der Waals surface area contributed by atoms with Gasteiger partial charge in [0, 0.05) is 0 Å². The van der Waals surface area contributed by atoms with Gasteiger partial charge in [-0.2, -0.15) is 0 Å². The highest BCUT2D eigenvalue weighted by molar-refractivity contribution is 8.26. The van der Waals surface area contributed by atoms with Crippen LogP contribution in [0.3, 0.4) is 0 Å². The molecule has 0 radical (unpaired) electrons. The van der Waals surface area contributed by atoms with Gasteiger partial charge in [0.2, 0.25) is 0 Å². The van der Waals surface area contributed by atoms with Crippen LogP contribution in [0.15, 0.2) is 35.2 Å². The quantitative estimate of drug-likeness (QED) is 0.625. The first-order valence-corrected chi connectivity index (χ1v) is 7.39. The van der Waals surface area contributed by atoms with Crippen molar-refractivity contribution in [2.75, 3.05) is 0 Å². The van der Waals surface area contributed by atoms with Gasteiger partial charge >= 0.3 is 11.9 Å². The lowest BCUT2D eigenvalue weighted by Gasteiger charge is -2.21. The standard InChI is InChI=1S/C14H11NO5S2/c16-11(17)7-9(13(19)20)15-12(18)10(22-14(15)21)6-8-4-2-1-3-5-8/h1-6,9H,7H2,(H,16,17)(H,19,20)/b10-6-/t9-/m0/s1. The zero-order valence-electron chi connectivity index (χ0n) is 11.1. The van der Waals surface area contributed by atoms with Gasteiger partial charge < -0.3 is 10.2 Å². The van der Waals surface area contributed by atoms with E-state index >= 15 is 0 Å². The number of nitrogens with zero attached hydrogens (tertiary/aromatic N) is 1. The summed E-state index contributed by atoms with van der Waals surface area (Å²) in [5.41, 5.74) is 0.771. The number of carbonyl (C=O) groups is 3. The fraction of sp³-hybridized carbons (Fsp3) is 0.143. The van der Waals surface area contributed by atoms with Crippen molar-refractivity contribution >= 4 is 52.2 Å². The number of rotatable bonds is 5. The molecule has 22 heavy (non-hydrogen) atoms. The van der Waals surface area contributed by atoms with E-state index in [1.165, 1.54) is 0 Å². The first-order valence-electron chi connectivity index (χ1n) is 6.17. The lowest BCUT2D eigenvalue weighted by Crippen LogP contribution is -2.45. The van der Waals surface area contributed by atoms with E-state index in [2.05, 4.69) is 0 Å². The predicted molar refractivity (Wildman–Crippen MR) is 85.1 cm³/mol. The molecule has 0 spiro atoms. The fourth-order valence-electron chi connectivity index (χ4n) is 1.90. The van der Waals surface area contributed by atoms with E-state index in [0.717, 1.165) is 22.2 Å². The summed E-state index contributed by atoms with van der Waals surface area (Å²) >= 11 is 5.99. The molecule has 0 aliphatic carbocycles. The van der Waals surface area contributed by atoms with Gasteiger partial charge in [0.15, 0.2) is 0 Å². The number of benzene rings is 1. The molecule has 1 heterocycles. The Morgan fingerprint density at radius 1 is 1.27 bits per heavy atom. The average molecular weight is 337 g/mol. The van der Waals surface area contributed by atoms with E-state index in [0.29, 0.717) is 0 Å². The van der Waals surface area contributed by atoms with Crippen molar-refractivity contribution in [3.63, 3.8) is 0 Å². The molecular formula is C14H11NO5S2. The molecule has 1 aromatic rings. The molecule has 1 atom stereocenters. The largest absolute Gasteiger partial charge is 0.481 e. The highest BCUT2D eigenvalue weighted by atomic mass is 32.2. The maximum absolute atomic E-state index is 12.3. The van der Waals surface area contributed by atoms with Crippen LogP contribution in [-0.4, -0.2) is 43.3 Å². The number of carboxylic acid groups (broad SMARTS) is 2. The summed E-state index contributed by atoms with van der Waals surface area (Å²) in [6, 6.07) is 7.51. The molecule has 1 aliphatic rings. The Hall–Kier alpha value is -2.19. The second-order valence-electron chi connectivity index (χ2n) is 4.41. The zero-order chi connectivity index (χ0) is 16.3. The van der Waals surface area contributed by atoms with Crippen LogP contribution in [0.4, 0.5) is 0 Å². The van der Waals surface area contributed by atoms with Crippen molar-refractivity contribution < 1.29 is 24.6 Å². The number of thiocarbonyl (C=S) groups is 1. The number of thioether (sulfide) groups is 1. The van der Waals surface area contributed by atoms with Crippen molar-refractivity contribution in [3.8, 4) is 0 Å². The number of hydrogen-bond acceptors (Lipinski definition) is 5. The minimum absolute atomic E-state index is 0.0424. The van der Waals surface area contributed by atoms with Crippen molar-refractivity contribution in [1.29, 1.82) is 0 Å². The summed E-state index contributed by atoms with van der Waals surface area (Å²) < 4.78 is 0.0424. The smallest absolute Gasteiger partial charge is 0.327 e. The van der Waals surface area contributed by atoms with Crippen LogP contribution in [-0.2, 0) is 14.4 Å². The molecule has 0 aromatic heterocycles. The third kappa shape index (κ3) is 3.52. The Morgan fingerprint density at radius 3 is 2.45 bits per heavy atom. The van der Waals surface area contributed by atoms with Gasteiger partial charge in [-0.05, 0) is 11.6 Å². The molecule has 1 amide bonds. The van der Waals surface area contributed by atoms with Crippen LogP contribution in [0.1, 0.15) is 12.0 Å². The molecule has 2 rings (SSSR count). The topological polar surface area (TPSA) is 94.9 Å². The van der Waals surface area contributed by atoms with E-state index in [-0.39, 0.29) is 9.23 Å². The number of carbonyl (C=O) groups excluding carboxylic acids is 1. The molecule has 0 unspecified atom stereocenters. The Balaban J connectivity index is 2.30. The zero-order valence-corrected chi connectivity index (χ0v) is 12.8. The van der Waals surface area contributed by atoms with E-state index < -0.39 is 30.3 Å². The third-order valence-electron chi connectivity index (χ3n) is 2.89. The third-order valence-corrected chi connectivity index (χ3v) is 4.22. The molecule has 0 bridgehead atoms. The molecule has 1 aliphatic heterocycles. The summed E-state index contributed by atoms with van der Waals surface area (Å²) in [6.45, 7) is 0. The van der Waals surface area contributed by atoms with Crippen LogP contribution in [0.25, 0.3) is 6.08 Å². The SMILES string of the molecule is O=C(O)C[C@@H](C(=O)O)N1C(=O)/C(=C/c2ccccc2)SC1=S. The van der Waals surface area contributed by atoms with Crippen LogP contribution in [0, 0.1) is 0 Å². The molecular weight excluding hydrogens is 326 g/mol. The van der Waals surface area contributed by atoms with Gasteiger partial charge in [-0.25, -0.2) is 4.79 Å². The van der Waals surface area contributed by atoms with E-state index in [1.54, 1.807) is 30.3 Å². The molecule has 114 valence electrons. The monoisotopic (exact) mass is 337 g/mol. The van der Waals surface area contributed by atoms with E-state index in [1.807, 2.05) is 6.07 Å². The highest BCUT2D eigenvalue weighted by Gasteiger charge is 2.41. The minimum atomic E-state index is -1.51. The van der Waals surface area contributed by atoms with Crippen LogP contribution < -0.4 is 0 Å². The molecule has 6 nitrogen and oxygen atoms in total. The Bertz CT molecular complexity index is 671. The second kappa shape index (κ2) is 6.71. The number of hydrogen-bond donors (Lipinski definition) is 2. The maximum atomic E-state index is 12.3. The second-order valence-corrected chi connectivity index (χ2v) is 6.09. The van der Waals surface area contributed by atoms with Crippen molar-refractivity contribution in [3.05, 3.63) is 40.8 Å². The van der Waals surface area contributed by atoms with Crippen LogP contribution in [0.2, 0.25) is 0 Å². The summed E-state index contributed by atoms with van der Waals surface area (Å²) in [6.07, 6.45) is 0.888. The Kier molecular flexibility index (Phi) is 4.94. The molecule has 2 N–H and O–H groups in total. The Labute approximate surface area is 135 Å². The molecule has 1 saturated heterocycles. The number of aliphatic carboxylic acids is 2. The average Bonchev–Trinajstić information content (AvgIpc) is 2.72. The van der Waals surface area contributed by atoms with E-state index in [9.17, 15) is 14.4 Å². The summed E-state index contributed by atoms with van der Waals surface area (Å²) in [5, 5.41) is 17.9. The highest BCUT2D eigenvalue weighted by Crippen LogP contribution is 2.34. The normalized spacial score (nSPS) is 17.8. The van der Waals surface area contributed by atoms with Crippen LogP contribution in [0.5, 0.6) is 0 Å². The van der Waals surface area contributed by atoms with Gasteiger partial charge in [-0.15, -0.1) is 0 Å². The molecule has 1 fully saturated rings. The van der Waals surface area contributed by atoms with Gasteiger partial charge in [-0.3, -0.25) is 14.5 Å². The van der Waals surface area contributed by atoms with Crippen molar-refractivity contribution in [2.24, 2.45) is 0 Å². The minimum Gasteiger partial charge on any atom is -0.481 e. The van der Waals surface area contributed by atoms with Gasteiger partial charge in [0.05, 0.1) is 11.3 Å². The van der Waals surface area contributed by atoms with Crippen molar-refractivity contribution in [2.45, 2.75) is 12.5 Å². The van der Waals surface area contributed by atoms with Gasteiger partial charge in [-0.1, -0.05) is 54.3 Å². The van der Waals surface area contributed by atoms with Gasteiger partial charge in [0.1, 0.15) is 10.4 Å². The van der Waals surface area contributed by atoms with Gasteiger partial charge in [0.25, 0.3) is 5.91 Å². The Morgan fingerprint density at radius 2 is 1.91 bits per heavy atom. The first-order chi connectivity index (χ1) is 10.4. The number of amides is 1. The van der Waals surface area contributed by atoms with Crippen LogP contribution >= 0.6 is 24.0 Å². The lowest BCUT2D eigenvalue weighted by molar-refractivity contribution is -0.150. The van der Waals surface area contributed by atoms with Crippen molar-refractivity contribution in [1.82, 2.24) is 4.90 Å². The molecule has 0 saturated carbocycles. The van der Waals surface area contributed by atoms with E-state index in [4.69, 9.17) is 22.4 Å².